The number of hydrogen-bond donors (Lipinski definition) is 0. The molecule has 4 aromatic carbocycles. The lowest BCUT2D eigenvalue weighted by Crippen LogP contribution is -2.43. The summed E-state index contributed by atoms with van der Waals surface area (Å²) in [6, 6.07) is 26.6. The van der Waals surface area contributed by atoms with Gasteiger partial charge in [0.1, 0.15) is 31.3 Å². The minimum atomic E-state index is -0.406. The smallest absolute Gasteiger partial charge is 0.410 e. The van der Waals surface area contributed by atoms with Crippen molar-refractivity contribution >= 4 is 24.1 Å². The number of carbonyl (C=O) groups is 4. The molecule has 0 saturated carbocycles. The standard InChI is InChI=1S/C25H31NO6.C24H29NO6/c1-18-22(29-2)14-20(15-23(18)30-3)11-13-31-24(27)21-10-7-12-26(16-21)25(28)32-17-19-8-5-4-6-9-19;1-17-12-19(13-21(28-2)22(17)29-3)16-30-23(26)20-10-7-11-25(14-20)24(27)31-15-18-8-5-4-6-9-18/h4-6,8-9,14-15,21H,7,10-13,16-17H2,1-3H3;4-6,8-9,12-13,20H,7,10-11,14-16H2,1-3H3. The summed E-state index contributed by atoms with van der Waals surface area (Å²) in [5.74, 6) is 1.44. The lowest BCUT2D eigenvalue weighted by molar-refractivity contribution is -0.152. The third-order valence-corrected chi connectivity index (χ3v) is 11.0. The van der Waals surface area contributed by atoms with Crippen LogP contribution in [0.15, 0.2) is 84.9 Å². The highest BCUT2D eigenvalue weighted by atomic mass is 16.6. The lowest BCUT2D eigenvalue weighted by Gasteiger charge is -2.30. The van der Waals surface area contributed by atoms with E-state index in [1.54, 1.807) is 44.3 Å². The lowest BCUT2D eigenvalue weighted by atomic mass is 9.98. The Morgan fingerprint density at radius 3 is 1.48 bits per heavy atom. The van der Waals surface area contributed by atoms with Crippen LogP contribution in [0.4, 0.5) is 9.59 Å². The average molecular weight is 869 g/mol. The summed E-state index contributed by atoms with van der Waals surface area (Å²) in [6.07, 6.45) is 2.61. The fourth-order valence-corrected chi connectivity index (χ4v) is 7.55. The number of carbonyl (C=O) groups excluding carboxylic acids is 4. The van der Waals surface area contributed by atoms with Crippen LogP contribution in [0.2, 0.25) is 0 Å². The van der Waals surface area contributed by atoms with E-state index in [1.165, 1.54) is 0 Å². The molecule has 4 aromatic rings. The van der Waals surface area contributed by atoms with Gasteiger partial charge >= 0.3 is 24.1 Å². The molecule has 2 aliphatic rings. The average Bonchev–Trinajstić information content (AvgIpc) is 3.32. The Hall–Kier alpha value is -6.44. The van der Waals surface area contributed by atoms with Gasteiger partial charge in [0.15, 0.2) is 11.5 Å². The van der Waals surface area contributed by atoms with Gasteiger partial charge in [0.2, 0.25) is 0 Å². The molecule has 63 heavy (non-hydrogen) atoms. The van der Waals surface area contributed by atoms with Gasteiger partial charge < -0.3 is 47.7 Å². The molecule has 14 nitrogen and oxygen atoms in total. The Morgan fingerprint density at radius 2 is 1.00 bits per heavy atom. The third kappa shape index (κ3) is 14.0. The van der Waals surface area contributed by atoms with E-state index in [1.807, 2.05) is 92.7 Å². The van der Waals surface area contributed by atoms with Gasteiger partial charge in [-0.2, -0.15) is 0 Å². The highest BCUT2D eigenvalue weighted by Crippen LogP contribution is 2.33. The maximum Gasteiger partial charge on any atom is 0.410 e. The highest BCUT2D eigenvalue weighted by Gasteiger charge is 2.32. The first-order valence-electron chi connectivity index (χ1n) is 21.2. The summed E-state index contributed by atoms with van der Waals surface area (Å²) in [7, 11) is 6.39. The zero-order valence-electron chi connectivity index (χ0n) is 37.2. The number of esters is 2. The summed E-state index contributed by atoms with van der Waals surface area (Å²) in [5, 5.41) is 0. The van der Waals surface area contributed by atoms with E-state index >= 15 is 0 Å². The number of benzene rings is 4. The number of methoxy groups -OCH3 is 4. The van der Waals surface area contributed by atoms with Crippen LogP contribution in [0.3, 0.4) is 0 Å². The molecule has 0 spiro atoms. The first-order valence-corrected chi connectivity index (χ1v) is 21.2. The summed E-state index contributed by atoms with van der Waals surface area (Å²) in [4.78, 5) is 53.2. The molecule has 2 fully saturated rings. The molecule has 0 bridgehead atoms. The van der Waals surface area contributed by atoms with Crippen LogP contribution in [0.5, 0.6) is 23.0 Å². The second-order valence-corrected chi connectivity index (χ2v) is 15.4. The molecule has 338 valence electrons. The van der Waals surface area contributed by atoms with Crippen molar-refractivity contribution in [2.45, 2.75) is 65.8 Å². The van der Waals surface area contributed by atoms with Crippen molar-refractivity contribution in [2.24, 2.45) is 11.8 Å². The summed E-state index contributed by atoms with van der Waals surface area (Å²) >= 11 is 0. The molecular formula is C49H60N2O12. The number of piperidine rings is 2. The topological polar surface area (TPSA) is 149 Å². The molecule has 6 rings (SSSR count). The van der Waals surface area contributed by atoms with Gasteiger partial charge in [-0.25, -0.2) is 9.59 Å². The second kappa shape index (κ2) is 24.3. The van der Waals surface area contributed by atoms with Crippen molar-refractivity contribution in [3.8, 4) is 23.0 Å². The minimum absolute atomic E-state index is 0.134. The van der Waals surface area contributed by atoms with E-state index < -0.39 is 12.2 Å². The number of nitrogens with zero attached hydrogens (tertiary/aromatic N) is 2. The Balaban J connectivity index is 0.000000238. The van der Waals surface area contributed by atoms with Gasteiger partial charge in [-0.15, -0.1) is 0 Å². The predicted molar refractivity (Wildman–Crippen MR) is 235 cm³/mol. The maximum absolute atomic E-state index is 12.6. The van der Waals surface area contributed by atoms with Crippen molar-refractivity contribution in [2.75, 3.05) is 61.2 Å². The molecule has 2 atom stereocenters. The Kier molecular flexibility index (Phi) is 18.3. The number of amides is 2. The molecule has 2 heterocycles. The van der Waals surface area contributed by atoms with E-state index in [2.05, 4.69) is 0 Å². The van der Waals surface area contributed by atoms with Crippen LogP contribution in [0, 0.1) is 25.7 Å². The molecule has 2 unspecified atom stereocenters. The predicted octanol–water partition coefficient (Wildman–Crippen LogP) is 8.25. The van der Waals surface area contributed by atoms with Crippen molar-refractivity contribution in [1.29, 1.82) is 0 Å². The van der Waals surface area contributed by atoms with E-state index in [-0.39, 0.29) is 50.2 Å². The van der Waals surface area contributed by atoms with Crippen LogP contribution in [-0.4, -0.2) is 95.2 Å². The van der Waals surface area contributed by atoms with Gasteiger partial charge in [0, 0.05) is 38.2 Å². The molecule has 2 amide bonds. The molecule has 2 saturated heterocycles. The minimum Gasteiger partial charge on any atom is -0.496 e. The first kappa shape index (κ1) is 47.6. The Morgan fingerprint density at radius 1 is 0.540 bits per heavy atom. The molecular weight excluding hydrogens is 809 g/mol. The maximum atomic E-state index is 12.6. The van der Waals surface area contributed by atoms with E-state index in [0.717, 1.165) is 57.7 Å². The van der Waals surface area contributed by atoms with E-state index in [4.69, 9.17) is 37.9 Å². The quantitative estimate of drug-likeness (QED) is 0.0837. The normalized spacial score (nSPS) is 15.8. The fraction of sp³-hybridized carbons (Fsp3) is 0.429. The van der Waals surface area contributed by atoms with Gasteiger partial charge in [-0.3, -0.25) is 9.59 Å². The van der Waals surface area contributed by atoms with Crippen molar-refractivity contribution < 1.29 is 57.1 Å². The van der Waals surface area contributed by atoms with Gasteiger partial charge in [0.25, 0.3) is 0 Å². The second-order valence-electron chi connectivity index (χ2n) is 15.4. The third-order valence-electron chi connectivity index (χ3n) is 11.0. The van der Waals surface area contributed by atoms with Crippen LogP contribution in [-0.2, 0) is 54.8 Å². The number of ether oxygens (including phenoxy) is 8. The first-order chi connectivity index (χ1) is 30.5. The fourth-order valence-electron chi connectivity index (χ4n) is 7.55. The molecule has 0 N–H and O–H groups in total. The van der Waals surface area contributed by atoms with Crippen LogP contribution in [0.25, 0.3) is 0 Å². The molecule has 0 radical (unpaired) electrons. The molecule has 0 aromatic heterocycles. The highest BCUT2D eigenvalue weighted by molar-refractivity contribution is 5.75. The van der Waals surface area contributed by atoms with Crippen LogP contribution < -0.4 is 18.9 Å². The Labute approximate surface area is 370 Å². The number of rotatable bonds is 15. The number of hydrogen-bond acceptors (Lipinski definition) is 12. The molecule has 2 aliphatic heterocycles. The zero-order valence-corrected chi connectivity index (χ0v) is 37.2. The Bertz CT molecular complexity index is 2090. The van der Waals surface area contributed by atoms with Crippen molar-refractivity contribution in [1.82, 2.24) is 9.80 Å². The van der Waals surface area contributed by atoms with Crippen LogP contribution in [0.1, 0.15) is 59.1 Å². The van der Waals surface area contributed by atoms with Crippen molar-refractivity contribution in [3.63, 3.8) is 0 Å². The summed E-state index contributed by atoms with van der Waals surface area (Å²) < 4.78 is 43.3. The molecule has 14 heteroatoms. The van der Waals surface area contributed by atoms with E-state index in [0.29, 0.717) is 56.9 Å². The van der Waals surface area contributed by atoms with Gasteiger partial charge in [-0.05, 0) is 91.6 Å². The van der Waals surface area contributed by atoms with Gasteiger partial charge in [-0.1, -0.05) is 60.7 Å². The number of aryl methyl sites for hydroxylation is 1. The zero-order chi connectivity index (χ0) is 45.1. The summed E-state index contributed by atoms with van der Waals surface area (Å²) in [6.45, 7) is 6.44. The monoisotopic (exact) mass is 868 g/mol. The number of likely N-dealkylation sites (tertiary alicyclic amines) is 2. The SMILES string of the molecule is COc1cc(CCOC(=O)C2CCCN(C(=O)OCc3ccccc3)C2)cc(OC)c1C.COc1cc(COC(=O)C2CCCN(C(=O)OCc3ccccc3)C2)cc(C)c1OC. The molecule has 0 aliphatic carbocycles. The van der Waals surface area contributed by atoms with Crippen molar-refractivity contribution in [3.05, 3.63) is 118 Å². The van der Waals surface area contributed by atoms with E-state index in [9.17, 15) is 19.2 Å². The van der Waals surface area contributed by atoms with Gasteiger partial charge in [0.05, 0.1) is 46.9 Å². The summed E-state index contributed by atoms with van der Waals surface area (Å²) in [5.41, 5.74) is 5.47. The largest absolute Gasteiger partial charge is 0.496 e. The van der Waals surface area contributed by atoms with Crippen LogP contribution >= 0.6 is 0 Å².